The highest BCUT2D eigenvalue weighted by atomic mass is 16.5. The molecule has 0 aromatic carbocycles. The lowest BCUT2D eigenvalue weighted by molar-refractivity contribution is 0.00752. The van der Waals surface area contributed by atoms with Crippen LogP contribution in [0.3, 0.4) is 0 Å². The minimum absolute atomic E-state index is 0.495. The number of hydrogen-bond donors (Lipinski definition) is 2. The summed E-state index contributed by atoms with van der Waals surface area (Å²) in [5.41, 5.74) is 1.20. The van der Waals surface area contributed by atoms with Crippen LogP contribution in [0.2, 0.25) is 0 Å². The summed E-state index contributed by atoms with van der Waals surface area (Å²) in [6, 6.07) is 0.495. The van der Waals surface area contributed by atoms with Gasteiger partial charge in [0.1, 0.15) is 0 Å². The summed E-state index contributed by atoms with van der Waals surface area (Å²) in [5.74, 6) is 1.46. The molecule has 1 atom stereocenters. The average Bonchev–Trinajstić information content (AvgIpc) is 3.03. The molecule has 1 aliphatic heterocycles. The van der Waals surface area contributed by atoms with Gasteiger partial charge < -0.3 is 15.4 Å². The fourth-order valence-corrected chi connectivity index (χ4v) is 3.15. The van der Waals surface area contributed by atoms with E-state index < -0.39 is 0 Å². The van der Waals surface area contributed by atoms with Gasteiger partial charge in [-0.15, -0.1) is 0 Å². The maximum absolute atomic E-state index is 5.47. The quantitative estimate of drug-likeness (QED) is 0.418. The van der Waals surface area contributed by atoms with Crippen molar-refractivity contribution in [3.63, 3.8) is 0 Å². The SMILES string of the molecule is CN=C(NCCCn1cc(C)cn1)NCC(C(C)C)N1CCOCC1. The Morgan fingerprint density at radius 3 is 2.68 bits per heavy atom. The Balaban J connectivity index is 1.70. The van der Waals surface area contributed by atoms with Crippen LogP contribution in [0.15, 0.2) is 17.4 Å². The van der Waals surface area contributed by atoms with E-state index in [2.05, 4.69) is 52.6 Å². The molecule has 142 valence electrons. The summed E-state index contributed by atoms with van der Waals surface area (Å²) in [4.78, 5) is 6.86. The molecule has 0 saturated carbocycles. The normalized spacial score (nSPS) is 17.7. The van der Waals surface area contributed by atoms with Gasteiger partial charge in [-0.2, -0.15) is 5.10 Å². The van der Waals surface area contributed by atoms with Crippen LogP contribution in [0, 0.1) is 12.8 Å². The van der Waals surface area contributed by atoms with Crippen molar-refractivity contribution in [3.8, 4) is 0 Å². The van der Waals surface area contributed by atoms with E-state index in [-0.39, 0.29) is 0 Å². The minimum Gasteiger partial charge on any atom is -0.379 e. The first kappa shape index (κ1) is 19.7. The van der Waals surface area contributed by atoms with Gasteiger partial charge in [-0.25, -0.2) is 0 Å². The second-order valence-electron chi connectivity index (χ2n) is 6.97. The van der Waals surface area contributed by atoms with Crippen molar-refractivity contribution in [2.45, 2.75) is 39.8 Å². The molecule has 0 amide bonds. The van der Waals surface area contributed by atoms with Crippen molar-refractivity contribution in [2.75, 3.05) is 46.4 Å². The Bertz CT molecular complexity index is 521. The molecule has 1 aromatic rings. The lowest BCUT2D eigenvalue weighted by Crippen LogP contribution is -2.52. The number of ether oxygens (including phenoxy) is 1. The number of rotatable bonds is 8. The number of aromatic nitrogens is 2. The molecule has 0 aliphatic carbocycles. The average molecular weight is 351 g/mol. The highest BCUT2D eigenvalue weighted by Gasteiger charge is 2.23. The zero-order valence-electron chi connectivity index (χ0n) is 16.2. The highest BCUT2D eigenvalue weighted by Crippen LogP contribution is 2.12. The predicted molar refractivity (Wildman–Crippen MR) is 102 cm³/mol. The van der Waals surface area contributed by atoms with E-state index in [1.807, 2.05) is 17.9 Å². The largest absolute Gasteiger partial charge is 0.379 e. The predicted octanol–water partition coefficient (Wildman–Crippen LogP) is 1.10. The van der Waals surface area contributed by atoms with Gasteiger partial charge in [-0.05, 0) is 24.8 Å². The molecule has 2 N–H and O–H groups in total. The summed E-state index contributed by atoms with van der Waals surface area (Å²) >= 11 is 0. The molecular weight excluding hydrogens is 316 g/mol. The first-order valence-corrected chi connectivity index (χ1v) is 9.35. The molecule has 1 aliphatic rings. The molecule has 7 heteroatoms. The third kappa shape index (κ3) is 6.66. The molecule has 1 unspecified atom stereocenters. The van der Waals surface area contributed by atoms with Crippen molar-refractivity contribution in [1.82, 2.24) is 25.3 Å². The highest BCUT2D eigenvalue weighted by molar-refractivity contribution is 5.79. The standard InChI is InChI=1S/C18H34N6O/c1-15(2)17(23-8-10-25-11-9-23)13-21-18(19-4)20-6-5-7-24-14-16(3)12-22-24/h12,14-15,17H,5-11,13H2,1-4H3,(H2,19,20,21). The molecule has 2 heterocycles. The van der Waals surface area contributed by atoms with Gasteiger partial charge in [-0.1, -0.05) is 13.8 Å². The van der Waals surface area contributed by atoms with Crippen LogP contribution in [-0.2, 0) is 11.3 Å². The smallest absolute Gasteiger partial charge is 0.191 e. The number of guanidine groups is 1. The van der Waals surface area contributed by atoms with Crippen molar-refractivity contribution < 1.29 is 4.74 Å². The number of aryl methyl sites for hydroxylation is 2. The van der Waals surface area contributed by atoms with Gasteiger partial charge in [0.15, 0.2) is 5.96 Å². The van der Waals surface area contributed by atoms with E-state index in [9.17, 15) is 0 Å². The molecular formula is C18H34N6O. The first-order chi connectivity index (χ1) is 12.1. The van der Waals surface area contributed by atoms with Gasteiger partial charge in [-0.3, -0.25) is 14.6 Å². The third-order valence-electron chi connectivity index (χ3n) is 4.61. The van der Waals surface area contributed by atoms with Gasteiger partial charge in [0, 0.05) is 52.0 Å². The van der Waals surface area contributed by atoms with E-state index in [0.717, 1.165) is 58.3 Å². The third-order valence-corrected chi connectivity index (χ3v) is 4.61. The van der Waals surface area contributed by atoms with Crippen molar-refractivity contribution in [2.24, 2.45) is 10.9 Å². The van der Waals surface area contributed by atoms with Gasteiger partial charge in [0.25, 0.3) is 0 Å². The van der Waals surface area contributed by atoms with Crippen LogP contribution in [0.5, 0.6) is 0 Å². The fourth-order valence-electron chi connectivity index (χ4n) is 3.15. The second-order valence-corrected chi connectivity index (χ2v) is 6.97. The first-order valence-electron chi connectivity index (χ1n) is 9.35. The Morgan fingerprint density at radius 2 is 2.08 bits per heavy atom. The van der Waals surface area contributed by atoms with Crippen LogP contribution in [0.4, 0.5) is 0 Å². The molecule has 0 radical (unpaired) electrons. The van der Waals surface area contributed by atoms with Gasteiger partial charge in [0.05, 0.1) is 19.4 Å². The van der Waals surface area contributed by atoms with E-state index in [1.165, 1.54) is 5.56 Å². The molecule has 0 spiro atoms. The Morgan fingerprint density at radius 1 is 1.32 bits per heavy atom. The van der Waals surface area contributed by atoms with Crippen LogP contribution in [0.25, 0.3) is 0 Å². The molecule has 7 nitrogen and oxygen atoms in total. The van der Waals surface area contributed by atoms with Crippen LogP contribution >= 0.6 is 0 Å². The molecule has 0 bridgehead atoms. The van der Waals surface area contributed by atoms with Crippen LogP contribution in [0.1, 0.15) is 25.8 Å². The van der Waals surface area contributed by atoms with E-state index in [0.29, 0.717) is 12.0 Å². The van der Waals surface area contributed by atoms with E-state index in [4.69, 9.17) is 4.74 Å². The molecule has 1 aromatic heterocycles. The Kier molecular flexibility index (Phi) is 8.21. The number of morpholine rings is 1. The summed E-state index contributed by atoms with van der Waals surface area (Å²) in [6.45, 7) is 13.0. The molecule has 25 heavy (non-hydrogen) atoms. The van der Waals surface area contributed by atoms with Crippen molar-refractivity contribution in [1.29, 1.82) is 0 Å². The summed E-state index contributed by atoms with van der Waals surface area (Å²) in [5, 5.41) is 11.2. The topological polar surface area (TPSA) is 66.7 Å². The fraction of sp³-hybridized carbons (Fsp3) is 0.778. The number of nitrogens with zero attached hydrogens (tertiary/aromatic N) is 4. The number of aliphatic imine (C=N–C) groups is 1. The minimum atomic E-state index is 0.495. The number of nitrogens with one attached hydrogen (secondary N) is 2. The number of hydrogen-bond acceptors (Lipinski definition) is 4. The lowest BCUT2D eigenvalue weighted by Gasteiger charge is -2.37. The second kappa shape index (κ2) is 10.4. The monoisotopic (exact) mass is 350 g/mol. The Hall–Kier alpha value is -1.60. The van der Waals surface area contributed by atoms with E-state index in [1.54, 1.807) is 0 Å². The molecule has 1 fully saturated rings. The summed E-state index contributed by atoms with van der Waals surface area (Å²) in [6.07, 6.45) is 4.98. The zero-order valence-corrected chi connectivity index (χ0v) is 16.2. The lowest BCUT2D eigenvalue weighted by atomic mass is 10.0. The maximum atomic E-state index is 5.47. The summed E-state index contributed by atoms with van der Waals surface area (Å²) < 4.78 is 7.46. The van der Waals surface area contributed by atoms with Crippen LogP contribution in [-0.4, -0.2) is 73.1 Å². The van der Waals surface area contributed by atoms with E-state index >= 15 is 0 Å². The zero-order chi connectivity index (χ0) is 18.1. The van der Waals surface area contributed by atoms with Crippen molar-refractivity contribution >= 4 is 5.96 Å². The summed E-state index contributed by atoms with van der Waals surface area (Å²) in [7, 11) is 1.82. The maximum Gasteiger partial charge on any atom is 0.191 e. The van der Waals surface area contributed by atoms with Gasteiger partial charge >= 0.3 is 0 Å². The van der Waals surface area contributed by atoms with Crippen LogP contribution < -0.4 is 10.6 Å². The Labute approximate surface area is 151 Å². The molecule has 1 saturated heterocycles. The van der Waals surface area contributed by atoms with Gasteiger partial charge in [0.2, 0.25) is 0 Å². The molecule has 2 rings (SSSR count). The van der Waals surface area contributed by atoms with Crippen molar-refractivity contribution in [3.05, 3.63) is 18.0 Å².